The summed E-state index contributed by atoms with van der Waals surface area (Å²) >= 11 is 1.23. The molecule has 0 bridgehead atoms. The Bertz CT molecular complexity index is 1040. The van der Waals surface area contributed by atoms with E-state index in [0.29, 0.717) is 21.0 Å². The lowest BCUT2D eigenvalue weighted by molar-refractivity contribution is 0.0533. The molecule has 154 valence electrons. The molecular formula is C24H24N2O3S. The highest BCUT2D eigenvalue weighted by atomic mass is 32.1. The van der Waals surface area contributed by atoms with Crippen molar-refractivity contribution in [3.05, 3.63) is 83.4 Å². The monoisotopic (exact) mass is 420 g/mol. The number of thiophene rings is 1. The summed E-state index contributed by atoms with van der Waals surface area (Å²) in [4.78, 5) is 28.2. The van der Waals surface area contributed by atoms with Gasteiger partial charge in [-0.05, 0) is 24.6 Å². The number of allylic oxidation sites excluding steroid dienone is 1. The third-order valence-electron chi connectivity index (χ3n) is 4.23. The fourth-order valence-electron chi connectivity index (χ4n) is 2.93. The van der Waals surface area contributed by atoms with Crippen LogP contribution in [0.25, 0.3) is 11.1 Å². The lowest BCUT2D eigenvalue weighted by atomic mass is 9.98. The van der Waals surface area contributed by atoms with Gasteiger partial charge >= 0.3 is 5.97 Å². The van der Waals surface area contributed by atoms with Gasteiger partial charge in [0.25, 0.3) is 0 Å². The molecular weight excluding hydrogens is 396 g/mol. The van der Waals surface area contributed by atoms with E-state index in [9.17, 15) is 9.59 Å². The van der Waals surface area contributed by atoms with Crippen LogP contribution in [0.5, 0.6) is 0 Å². The van der Waals surface area contributed by atoms with Crippen LogP contribution in [0.1, 0.15) is 27.0 Å². The van der Waals surface area contributed by atoms with E-state index in [2.05, 4.69) is 5.32 Å². The molecule has 0 atom stereocenters. The van der Waals surface area contributed by atoms with Crippen molar-refractivity contribution in [2.24, 2.45) is 0 Å². The van der Waals surface area contributed by atoms with E-state index in [1.165, 1.54) is 17.4 Å². The molecule has 0 saturated carbocycles. The number of nitrogens with one attached hydrogen (secondary N) is 1. The minimum atomic E-state index is -0.437. The summed E-state index contributed by atoms with van der Waals surface area (Å²) in [7, 11) is 3.70. The Morgan fingerprint density at radius 2 is 1.67 bits per heavy atom. The lowest BCUT2D eigenvalue weighted by Gasteiger charge is -2.09. The maximum absolute atomic E-state index is 13.2. The Morgan fingerprint density at radius 1 is 1.03 bits per heavy atom. The van der Waals surface area contributed by atoms with Crippen molar-refractivity contribution < 1.29 is 14.3 Å². The number of nitrogens with zero attached hydrogens (tertiary/aromatic N) is 1. The summed E-state index contributed by atoms with van der Waals surface area (Å²) in [6.45, 7) is 2.03. The average Bonchev–Trinajstić information content (AvgIpc) is 3.13. The Balaban J connectivity index is 2.22. The molecule has 30 heavy (non-hydrogen) atoms. The zero-order valence-corrected chi connectivity index (χ0v) is 18.0. The van der Waals surface area contributed by atoms with Gasteiger partial charge in [-0.15, -0.1) is 11.3 Å². The van der Waals surface area contributed by atoms with Crippen LogP contribution < -0.4 is 5.32 Å². The standard InChI is InChI=1S/C24H24N2O3S/c1-4-29-24(28)22-20(17-11-7-5-8-12-17)21(19(27)15-16-26(2)3)23(30-22)25-18-13-9-6-10-14-18/h5-16,25H,4H2,1-3H3/b16-15+. The molecule has 3 rings (SSSR count). The molecule has 0 radical (unpaired) electrons. The van der Waals surface area contributed by atoms with Crippen molar-refractivity contribution in [2.45, 2.75) is 6.92 Å². The molecule has 0 aliphatic carbocycles. The molecule has 6 heteroatoms. The third kappa shape index (κ3) is 4.96. The first kappa shape index (κ1) is 21.3. The van der Waals surface area contributed by atoms with Crippen LogP contribution in [0, 0.1) is 0 Å². The van der Waals surface area contributed by atoms with Crippen LogP contribution in [0.2, 0.25) is 0 Å². The predicted molar refractivity (Wildman–Crippen MR) is 123 cm³/mol. The highest BCUT2D eigenvalue weighted by Gasteiger charge is 2.28. The van der Waals surface area contributed by atoms with E-state index >= 15 is 0 Å². The Labute approximate surface area is 180 Å². The molecule has 0 saturated heterocycles. The Kier molecular flexibility index (Phi) is 7.03. The van der Waals surface area contributed by atoms with Crippen molar-refractivity contribution in [3.8, 4) is 11.1 Å². The van der Waals surface area contributed by atoms with E-state index in [1.54, 1.807) is 18.0 Å². The smallest absolute Gasteiger partial charge is 0.349 e. The first-order chi connectivity index (χ1) is 14.5. The van der Waals surface area contributed by atoms with E-state index in [4.69, 9.17) is 4.74 Å². The number of para-hydroxylation sites is 1. The van der Waals surface area contributed by atoms with E-state index < -0.39 is 5.97 Å². The fraction of sp³-hybridized carbons (Fsp3) is 0.167. The van der Waals surface area contributed by atoms with Gasteiger partial charge in [0, 0.05) is 37.6 Å². The van der Waals surface area contributed by atoms with Crippen molar-refractivity contribution in [3.63, 3.8) is 0 Å². The summed E-state index contributed by atoms with van der Waals surface area (Å²) in [6.07, 6.45) is 3.21. The van der Waals surface area contributed by atoms with E-state index in [-0.39, 0.29) is 12.4 Å². The molecule has 2 aromatic carbocycles. The molecule has 5 nitrogen and oxygen atoms in total. The number of hydrogen-bond donors (Lipinski definition) is 1. The van der Waals surface area contributed by atoms with Gasteiger partial charge in [0.05, 0.1) is 12.2 Å². The molecule has 1 N–H and O–H groups in total. The SMILES string of the molecule is CCOC(=O)c1sc(Nc2ccccc2)c(C(=O)/C=C/N(C)C)c1-c1ccccc1. The van der Waals surface area contributed by atoms with Gasteiger partial charge in [0.2, 0.25) is 0 Å². The minimum absolute atomic E-state index is 0.187. The van der Waals surface area contributed by atoms with Gasteiger partial charge in [-0.25, -0.2) is 4.79 Å². The number of ether oxygens (including phenoxy) is 1. The van der Waals surface area contributed by atoms with Crippen molar-refractivity contribution in [1.82, 2.24) is 4.90 Å². The van der Waals surface area contributed by atoms with E-state index in [0.717, 1.165) is 11.3 Å². The van der Waals surface area contributed by atoms with Crippen LogP contribution in [0.4, 0.5) is 10.7 Å². The molecule has 3 aromatic rings. The first-order valence-corrected chi connectivity index (χ1v) is 10.4. The highest BCUT2D eigenvalue weighted by Crippen LogP contribution is 2.42. The van der Waals surface area contributed by atoms with Crippen LogP contribution in [-0.2, 0) is 4.74 Å². The zero-order chi connectivity index (χ0) is 21.5. The molecule has 0 spiro atoms. The summed E-state index contributed by atoms with van der Waals surface area (Å²) in [5, 5.41) is 3.92. The van der Waals surface area contributed by atoms with Crippen LogP contribution in [0.15, 0.2) is 72.9 Å². The molecule has 0 unspecified atom stereocenters. The van der Waals surface area contributed by atoms with Crippen LogP contribution in [0.3, 0.4) is 0 Å². The van der Waals surface area contributed by atoms with Crippen molar-refractivity contribution >= 4 is 33.8 Å². The number of ketones is 1. The summed E-state index contributed by atoms with van der Waals surface area (Å²) < 4.78 is 5.29. The number of carbonyl (C=O) groups excluding carboxylic acids is 2. The maximum atomic E-state index is 13.2. The van der Waals surface area contributed by atoms with E-state index in [1.807, 2.05) is 74.8 Å². The highest BCUT2D eigenvalue weighted by molar-refractivity contribution is 7.19. The zero-order valence-electron chi connectivity index (χ0n) is 17.2. The first-order valence-electron chi connectivity index (χ1n) is 9.61. The molecule has 1 heterocycles. The number of carbonyl (C=O) groups is 2. The van der Waals surface area contributed by atoms with Gasteiger partial charge in [0.1, 0.15) is 9.88 Å². The van der Waals surface area contributed by atoms with Gasteiger partial charge in [0.15, 0.2) is 5.78 Å². The third-order valence-corrected chi connectivity index (χ3v) is 5.32. The fourth-order valence-corrected chi connectivity index (χ4v) is 4.07. The summed E-state index contributed by atoms with van der Waals surface area (Å²) in [6, 6.07) is 19.0. The minimum Gasteiger partial charge on any atom is -0.462 e. The second-order valence-corrected chi connectivity index (χ2v) is 7.75. The van der Waals surface area contributed by atoms with Gasteiger partial charge in [-0.3, -0.25) is 4.79 Å². The molecule has 0 aliphatic rings. The van der Waals surface area contributed by atoms with Gasteiger partial charge in [-0.1, -0.05) is 48.5 Å². The Hall–Kier alpha value is -3.38. The molecule has 1 aromatic heterocycles. The normalized spacial score (nSPS) is 10.8. The number of esters is 1. The van der Waals surface area contributed by atoms with Crippen molar-refractivity contribution in [1.29, 1.82) is 0 Å². The molecule has 0 fully saturated rings. The molecule has 0 aliphatic heterocycles. The average molecular weight is 421 g/mol. The Morgan fingerprint density at radius 3 is 2.27 bits per heavy atom. The van der Waals surface area contributed by atoms with Gasteiger partial charge < -0.3 is 15.0 Å². The predicted octanol–water partition coefficient (Wildman–Crippen LogP) is 5.59. The summed E-state index contributed by atoms with van der Waals surface area (Å²) in [5.41, 5.74) is 2.67. The largest absolute Gasteiger partial charge is 0.462 e. The number of hydrogen-bond acceptors (Lipinski definition) is 6. The molecule has 0 amide bonds. The maximum Gasteiger partial charge on any atom is 0.349 e. The number of rotatable bonds is 8. The van der Waals surface area contributed by atoms with Crippen LogP contribution in [-0.4, -0.2) is 37.4 Å². The lowest BCUT2D eigenvalue weighted by Crippen LogP contribution is -2.07. The second-order valence-electron chi connectivity index (χ2n) is 6.73. The van der Waals surface area contributed by atoms with Crippen LogP contribution >= 0.6 is 11.3 Å². The number of benzene rings is 2. The number of anilines is 2. The summed E-state index contributed by atoms with van der Waals surface area (Å²) in [5.74, 6) is -0.624. The second kappa shape index (κ2) is 9.89. The quantitative estimate of drug-likeness (QED) is 0.292. The topological polar surface area (TPSA) is 58.6 Å². The van der Waals surface area contributed by atoms with Crippen molar-refractivity contribution in [2.75, 3.05) is 26.0 Å². The van der Waals surface area contributed by atoms with Gasteiger partial charge in [-0.2, -0.15) is 0 Å².